The lowest BCUT2D eigenvalue weighted by atomic mass is 9.81. The van der Waals surface area contributed by atoms with Gasteiger partial charge < -0.3 is 10.0 Å². The zero-order valence-electron chi connectivity index (χ0n) is 11.1. The number of aliphatic carboxylic acids is 1. The van der Waals surface area contributed by atoms with Crippen molar-refractivity contribution in [2.45, 2.75) is 45.2 Å². The summed E-state index contributed by atoms with van der Waals surface area (Å²) >= 11 is 0. The van der Waals surface area contributed by atoms with Gasteiger partial charge >= 0.3 is 5.97 Å². The highest BCUT2D eigenvalue weighted by Gasteiger charge is 2.41. The van der Waals surface area contributed by atoms with Gasteiger partial charge in [0, 0.05) is 25.2 Å². The second-order valence-corrected chi connectivity index (χ2v) is 6.12. The molecule has 17 heavy (non-hydrogen) atoms. The minimum absolute atomic E-state index is 0.539. The second kappa shape index (κ2) is 4.58. The van der Waals surface area contributed by atoms with Crippen molar-refractivity contribution in [1.29, 1.82) is 0 Å². The molecule has 4 heteroatoms. The summed E-state index contributed by atoms with van der Waals surface area (Å²) in [4.78, 5) is 16.1. The second-order valence-electron chi connectivity index (χ2n) is 6.12. The number of hydrogen-bond donors (Lipinski definition) is 1. The number of likely N-dealkylation sites (tertiary alicyclic amines) is 2. The highest BCUT2D eigenvalue weighted by molar-refractivity contribution is 5.74. The van der Waals surface area contributed by atoms with E-state index in [1.54, 1.807) is 0 Å². The van der Waals surface area contributed by atoms with Gasteiger partial charge in [0.05, 0.1) is 5.41 Å². The lowest BCUT2D eigenvalue weighted by Crippen LogP contribution is -2.50. The molecule has 0 amide bonds. The van der Waals surface area contributed by atoms with Crippen molar-refractivity contribution in [3.8, 4) is 0 Å². The van der Waals surface area contributed by atoms with Gasteiger partial charge in [0.2, 0.25) is 0 Å². The Kier molecular flexibility index (Phi) is 3.46. The molecular weight excluding hydrogens is 216 g/mol. The van der Waals surface area contributed by atoms with Crippen molar-refractivity contribution >= 4 is 5.97 Å². The third kappa shape index (κ3) is 2.47. The molecule has 0 aromatic rings. The molecule has 2 aliphatic heterocycles. The maximum Gasteiger partial charge on any atom is 0.310 e. The van der Waals surface area contributed by atoms with Gasteiger partial charge in [0.25, 0.3) is 0 Å². The predicted molar refractivity (Wildman–Crippen MR) is 67.0 cm³/mol. The Bertz CT molecular complexity index is 298. The molecule has 98 valence electrons. The van der Waals surface area contributed by atoms with E-state index in [1.165, 1.54) is 6.42 Å². The predicted octanol–water partition coefficient (Wildman–Crippen LogP) is 1.27. The molecule has 0 spiro atoms. The molecule has 2 rings (SSSR count). The summed E-state index contributed by atoms with van der Waals surface area (Å²) in [7, 11) is 2.16. The molecular formula is C13H24N2O2. The number of carbonyl (C=O) groups is 1. The molecule has 0 bridgehead atoms. The first kappa shape index (κ1) is 12.8. The van der Waals surface area contributed by atoms with Crippen molar-refractivity contribution in [3.63, 3.8) is 0 Å². The molecule has 2 heterocycles. The summed E-state index contributed by atoms with van der Waals surface area (Å²) in [5.74, 6) is -0.637. The van der Waals surface area contributed by atoms with Gasteiger partial charge in [-0.2, -0.15) is 0 Å². The molecule has 2 fully saturated rings. The van der Waals surface area contributed by atoms with E-state index >= 15 is 0 Å². The molecule has 3 atom stereocenters. The van der Waals surface area contributed by atoms with E-state index in [-0.39, 0.29) is 0 Å². The van der Waals surface area contributed by atoms with Crippen LogP contribution < -0.4 is 0 Å². The summed E-state index contributed by atoms with van der Waals surface area (Å²) in [5.41, 5.74) is -0.539. The number of nitrogens with zero attached hydrogens (tertiary/aromatic N) is 2. The fraction of sp³-hybridized carbons (Fsp3) is 0.923. The van der Waals surface area contributed by atoms with Crippen molar-refractivity contribution in [1.82, 2.24) is 9.80 Å². The highest BCUT2D eigenvalue weighted by atomic mass is 16.4. The molecule has 1 N–H and O–H groups in total. The average molecular weight is 240 g/mol. The van der Waals surface area contributed by atoms with Gasteiger partial charge in [-0.05, 0) is 46.7 Å². The normalized spacial score (nSPS) is 40.6. The van der Waals surface area contributed by atoms with E-state index in [9.17, 15) is 9.90 Å². The molecule has 0 aromatic carbocycles. The van der Waals surface area contributed by atoms with Crippen molar-refractivity contribution in [3.05, 3.63) is 0 Å². The quantitative estimate of drug-likeness (QED) is 0.789. The molecule has 2 aliphatic rings. The smallest absolute Gasteiger partial charge is 0.310 e. The van der Waals surface area contributed by atoms with Crippen LogP contribution in [0.25, 0.3) is 0 Å². The van der Waals surface area contributed by atoms with Gasteiger partial charge in [-0.1, -0.05) is 0 Å². The zero-order valence-corrected chi connectivity index (χ0v) is 11.1. The van der Waals surface area contributed by atoms with Crippen LogP contribution in [0.5, 0.6) is 0 Å². The number of hydrogen-bond acceptors (Lipinski definition) is 3. The first-order chi connectivity index (χ1) is 7.92. The molecule has 4 nitrogen and oxygen atoms in total. The Balaban J connectivity index is 2.01. The average Bonchev–Trinajstić information content (AvgIpc) is 2.59. The molecule has 3 unspecified atom stereocenters. The van der Waals surface area contributed by atoms with Crippen molar-refractivity contribution in [2.75, 3.05) is 26.7 Å². The summed E-state index contributed by atoms with van der Waals surface area (Å²) in [5, 5.41) is 9.32. The molecule has 2 saturated heterocycles. The molecule has 0 saturated carbocycles. The molecule has 0 aliphatic carbocycles. The fourth-order valence-corrected chi connectivity index (χ4v) is 3.19. The van der Waals surface area contributed by atoms with Gasteiger partial charge in [-0.15, -0.1) is 0 Å². The lowest BCUT2D eigenvalue weighted by molar-refractivity contribution is -0.151. The van der Waals surface area contributed by atoms with Gasteiger partial charge in [-0.25, -0.2) is 0 Å². The van der Waals surface area contributed by atoms with Crippen LogP contribution >= 0.6 is 0 Å². The van der Waals surface area contributed by atoms with Crippen LogP contribution in [0, 0.1) is 5.41 Å². The Morgan fingerprint density at radius 3 is 2.71 bits per heavy atom. The van der Waals surface area contributed by atoms with Crippen LogP contribution in [0.2, 0.25) is 0 Å². The topological polar surface area (TPSA) is 43.8 Å². The Morgan fingerprint density at radius 1 is 1.47 bits per heavy atom. The van der Waals surface area contributed by atoms with Crippen LogP contribution in [0.15, 0.2) is 0 Å². The minimum atomic E-state index is -0.637. The van der Waals surface area contributed by atoms with Crippen LogP contribution in [0.1, 0.15) is 33.1 Å². The zero-order chi connectivity index (χ0) is 12.6. The fourth-order valence-electron chi connectivity index (χ4n) is 3.19. The first-order valence-corrected chi connectivity index (χ1v) is 6.60. The molecule has 0 radical (unpaired) electrons. The number of rotatable bonds is 2. The third-order valence-corrected chi connectivity index (χ3v) is 4.62. The summed E-state index contributed by atoms with van der Waals surface area (Å²) < 4.78 is 0. The standard InChI is InChI=1S/C13H24N2O2/c1-10-7-11(8-14(10)3)15-6-4-5-13(2,9-15)12(16)17/h10-11H,4-9H2,1-3H3,(H,16,17). The van der Waals surface area contributed by atoms with Gasteiger partial charge in [0.15, 0.2) is 0 Å². The van der Waals surface area contributed by atoms with Crippen LogP contribution in [-0.4, -0.2) is 59.6 Å². The van der Waals surface area contributed by atoms with E-state index in [0.717, 1.165) is 25.9 Å². The number of carboxylic acid groups (broad SMARTS) is 1. The van der Waals surface area contributed by atoms with E-state index in [0.29, 0.717) is 18.6 Å². The van der Waals surface area contributed by atoms with Gasteiger partial charge in [0.1, 0.15) is 0 Å². The Labute approximate surface area is 104 Å². The van der Waals surface area contributed by atoms with Crippen LogP contribution in [0.3, 0.4) is 0 Å². The first-order valence-electron chi connectivity index (χ1n) is 6.60. The largest absolute Gasteiger partial charge is 0.481 e. The summed E-state index contributed by atoms with van der Waals surface area (Å²) in [6.07, 6.45) is 3.00. The van der Waals surface area contributed by atoms with Crippen molar-refractivity contribution in [2.24, 2.45) is 5.41 Å². The van der Waals surface area contributed by atoms with E-state index < -0.39 is 11.4 Å². The van der Waals surface area contributed by atoms with E-state index in [4.69, 9.17) is 0 Å². The Hall–Kier alpha value is -0.610. The third-order valence-electron chi connectivity index (χ3n) is 4.62. The monoisotopic (exact) mass is 240 g/mol. The van der Waals surface area contributed by atoms with E-state index in [1.807, 2.05) is 6.92 Å². The number of carboxylic acids is 1. The number of piperidine rings is 1. The maximum atomic E-state index is 11.3. The SMILES string of the molecule is CC1CC(N2CCCC(C)(C(=O)O)C2)CN1C. The summed E-state index contributed by atoms with van der Waals surface area (Å²) in [6.45, 7) is 7.00. The van der Waals surface area contributed by atoms with Crippen LogP contribution in [-0.2, 0) is 4.79 Å². The minimum Gasteiger partial charge on any atom is -0.481 e. The maximum absolute atomic E-state index is 11.3. The number of likely N-dealkylation sites (N-methyl/N-ethyl adjacent to an activating group) is 1. The lowest BCUT2D eigenvalue weighted by Gasteiger charge is -2.40. The summed E-state index contributed by atoms with van der Waals surface area (Å²) in [6, 6.07) is 1.17. The highest BCUT2D eigenvalue weighted by Crippen LogP contribution is 2.33. The van der Waals surface area contributed by atoms with E-state index in [2.05, 4.69) is 23.8 Å². The van der Waals surface area contributed by atoms with Gasteiger partial charge in [-0.3, -0.25) is 9.69 Å². The van der Waals surface area contributed by atoms with Crippen molar-refractivity contribution < 1.29 is 9.90 Å². The van der Waals surface area contributed by atoms with Crippen LogP contribution in [0.4, 0.5) is 0 Å². The Morgan fingerprint density at radius 2 is 2.18 bits per heavy atom. The molecule has 0 aromatic heterocycles.